The van der Waals surface area contributed by atoms with Crippen molar-refractivity contribution in [3.8, 4) is 5.75 Å². The number of hydrogen-bond acceptors (Lipinski definition) is 4. The molecular formula is C10H15NO4S. The van der Waals surface area contributed by atoms with Crippen molar-refractivity contribution in [1.29, 1.82) is 0 Å². The van der Waals surface area contributed by atoms with Crippen LogP contribution in [0.3, 0.4) is 0 Å². The molecule has 90 valence electrons. The fraction of sp³-hybridized carbons (Fsp3) is 0.400. The lowest BCUT2D eigenvalue weighted by atomic mass is 10.3. The molecule has 0 fully saturated rings. The molecule has 2 N–H and O–H groups in total. The molecule has 0 radical (unpaired) electrons. The number of benzene rings is 1. The van der Waals surface area contributed by atoms with Crippen LogP contribution < -0.4 is 9.88 Å². The third-order valence-corrected chi connectivity index (χ3v) is 2.29. The highest BCUT2D eigenvalue weighted by Crippen LogP contribution is 2.08. The van der Waals surface area contributed by atoms with Crippen molar-refractivity contribution in [3.05, 3.63) is 30.3 Å². The first kappa shape index (κ1) is 13.0. The molecule has 5 nitrogen and oxygen atoms in total. The van der Waals surface area contributed by atoms with E-state index in [0.717, 1.165) is 5.75 Å². The first-order chi connectivity index (χ1) is 7.58. The Kier molecular flexibility index (Phi) is 5.24. The number of nitrogens with two attached hydrogens (primary N) is 1. The van der Waals surface area contributed by atoms with Crippen molar-refractivity contribution in [3.63, 3.8) is 0 Å². The maximum Gasteiger partial charge on any atom is 0.333 e. The lowest BCUT2D eigenvalue weighted by Gasteiger charge is -2.05. The third-order valence-electron chi connectivity index (χ3n) is 1.80. The van der Waals surface area contributed by atoms with Gasteiger partial charge in [0.05, 0.1) is 13.2 Å². The Morgan fingerprint density at radius 1 is 1.06 bits per heavy atom. The van der Waals surface area contributed by atoms with Crippen molar-refractivity contribution in [2.45, 2.75) is 12.8 Å². The van der Waals surface area contributed by atoms with Gasteiger partial charge in [0.25, 0.3) is 0 Å². The molecule has 0 heterocycles. The van der Waals surface area contributed by atoms with Crippen LogP contribution in [0, 0.1) is 0 Å². The van der Waals surface area contributed by atoms with Crippen LogP contribution in [0.15, 0.2) is 30.3 Å². The Hall–Kier alpha value is -1.11. The van der Waals surface area contributed by atoms with E-state index < -0.39 is 10.3 Å². The molecule has 0 aliphatic heterocycles. The Morgan fingerprint density at radius 2 is 1.69 bits per heavy atom. The fourth-order valence-electron chi connectivity index (χ4n) is 1.09. The second-order valence-corrected chi connectivity index (χ2v) is 4.40. The molecule has 0 aliphatic rings. The van der Waals surface area contributed by atoms with Crippen LogP contribution in [0.5, 0.6) is 5.75 Å². The Labute approximate surface area is 95.4 Å². The summed E-state index contributed by atoms with van der Waals surface area (Å²) in [5.41, 5.74) is 0. The molecule has 16 heavy (non-hydrogen) atoms. The van der Waals surface area contributed by atoms with Crippen LogP contribution >= 0.6 is 0 Å². The first-order valence-electron chi connectivity index (χ1n) is 4.93. The van der Waals surface area contributed by atoms with Crippen LogP contribution in [0.1, 0.15) is 12.8 Å². The summed E-state index contributed by atoms with van der Waals surface area (Å²) in [5, 5.41) is 4.66. The molecule has 0 atom stereocenters. The normalized spacial score (nSPS) is 11.3. The highest BCUT2D eigenvalue weighted by Gasteiger charge is 2.00. The number of rotatable bonds is 7. The standard InChI is InChI=1S/C10H15NO4S/c11-16(12,13)15-9-5-4-8-14-10-6-2-1-3-7-10/h1-3,6-7H,4-5,8-9H2,(H2,11,12,13). The molecule has 1 rings (SSSR count). The Morgan fingerprint density at radius 3 is 2.31 bits per heavy atom. The molecule has 0 bridgehead atoms. The summed E-state index contributed by atoms with van der Waals surface area (Å²) in [7, 11) is -3.80. The molecule has 0 unspecified atom stereocenters. The zero-order valence-corrected chi connectivity index (χ0v) is 9.65. The topological polar surface area (TPSA) is 78.6 Å². The van der Waals surface area contributed by atoms with Crippen molar-refractivity contribution in [2.24, 2.45) is 5.14 Å². The summed E-state index contributed by atoms with van der Waals surface area (Å²) < 4.78 is 30.6. The van der Waals surface area contributed by atoms with Crippen LogP contribution in [-0.2, 0) is 14.5 Å². The monoisotopic (exact) mass is 245 g/mol. The Balaban J connectivity index is 2.05. The average Bonchev–Trinajstić information content (AvgIpc) is 2.23. The van der Waals surface area contributed by atoms with E-state index in [1.807, 2.05) is 30.3 Å². The summed E-state index contributed by atoms with van der Waals surface area (Å²) >= 11 is 0. The van der Waals surface area contributed by atoms with Crippen LogP contribution in [0.25, 0.3) is 0 Å². The second-order valence-electron chi connectivity index (χ2n) is 3.18. The highest BCUT2D eigenvalue weighted by molar-refractivity contribution is 7.84. The van der Waals surface area contributed by atoms with Gasteiger partial charge in [-0.15, -0.1) is 0 Å². The van der Waals surface area contributed by atoms with E-state index in [9.17, 15) is 8.42 Å². The largest absolute Gasteiger partial charge is 0.494 e. The molecule has 0 aromatic heterocycles. The van der Waals surface area contributed by atoms with Crippen molar-refractivity contribution in [2.75, 3.05) is 13.2 Å². The average molecular weight is 245 g/mol. The summed E-state index contributed by atoms with van der Waals surface area (Å²) in [6.45, 7) is 0.620. The van der Waals surface area contributed by atoms with Gasteiger partial charge in [0.1, 0.15) is 5.75 Å². The quantitative estimate of drug-likeness (QED) is 0.729. The van der Waals surface area contributed by atoms with Crippen LogP contribution in [0.4, 0.5) is 0 Å². The van der Waals surface area contributed by atoms with Gasteiger partial charge in [0, 0.05) is 0 Å². The summed E-state index contributed by atoms with van der Waals surface area (Å²) in [6.07, 6.45) is 1.30. The summed E-state index contributed by atoms with van der Waals surface area (Å²) in [5.74, 6) is 0.801. The van der Waals surface area contributed by atoms with E-state index >= 15 is 0 Å². The zero-order chi connectivity index (χ0) is 11.9. The van der Waals surface area contributed by atoms with E-state index in [1.165, 1.54) is 0 Å². The number of para-hydroxylation sites is 1. The van der Waals surface area contributed by atoms with Gasteiger partial charge in [-0.1, -0.05) is 18.2 Å². The molecule has 6 heteroatoms. The van der Waals surface area contributed by atoms with Gasteiger partial charge < -0.3 is 4.74 Å². The van der Waals surface area contributed by atoms with Gasteiger partial charge in [0.15, 0.2) is 0 Å². The lowest BCUT2D eigenvalue weighted by Crippen LogP contribution is -2.16. The minimum absolute atomic E-state index is 0.0942. The predicted molar refractivity (Wildman–Crippen MR) is 60.2 cm³/mol. The number of ether oxygens (including phenoxy) is 1. The SMILES string of the molecule is NS(=O)(=O)OCCCCOc1ccccc1. The van der Waals surface area contributed by atoms with E-state index in [0.29, 0.717) is 19.4 Å². The second kappa shape index (κ2) is 6.47. The molecule has 0 spiro atoms. The third kappa shape index (κ3) is 6.39. The minimum Gasteiger partial charge on any atom is -0.494 e. The molecule has 0 amide bonds. The van der Waals surface area contributed by atoms with Gasteiger partial charge in [-0.3, -0.25) is 4.18 Å². The molecule has 0 saturated heterocycles. The molecule has 1 aromatic carbocycles. The van der Waals surface area contributed by atoms with E-state index in [4.69, 9.17) is 4.74 Å². The minimum atomic E-state index is -3.80. The smallest absolute Gasteiger partial charge is 0.333 e. The summed E-state index contributed by atoms with van der Waals surface area (Å²) in [4.78, 5) is 0. The van der Waals surface area contributed by atoms with Gasteiger partial charge >= 0.3 is 10.3 Å². The van der Waals surface area contributed by atoms with Crippen LogP contribution in [0.2, 0.25) is 0 Å². The summed E-state index contributed by atoms with van der Waals surface area (Å²) in [6, 6.07) is 9.41. The number of unbranched alkanes of at least 4 members (excludes halogenated alkanes) is 1. The maximum absolute atomic E-state index is 10.4. The van der Waals surface area contributed by atoms with Gasteiger partial charge in [0.2, 0.25) is 0 Å². The zero-order valence-electron chi connectivity index (χ0n) is 8.83. The molecular weight excluding hydrogens is 230 g/mol. The van der Waals surface area contributed by atoms with E-state index in [1.54, 1.807) is 0 Å². The van der Waals surface area contributed by atoms with E-state index in [2.05, 4.69) is 9.32 Å². The van der Waals surface area contributed by atoms with Crippen molar-refractivity contribution >= 4 is 10.3 Å². The fourth-order valence-corrected chi connectivity index (χ4v) is 1.44. The van der Waals surface area contributed by atoms with Crippen molar-refractivity contribution < 1.29 is 17.3 Å². The highest BCUT2D eigenvalue weighted by atomic mass is 32.2. The molecule has 0 saturated carbocycles. The maximum atomic E-state index is 10.4. The first-order valence-corrected chi connectivity index (χ1v) is 6.40. The van der Waals surface area contributed by atoms with Crippen LogP contribution in [-0.4, -0.2) is 21.6 Å². The van der Waals surface area contributed by atoms with Gasteiger partial charge in [-0.2, -0.15) is 8.42 Å². The van der Waals surface area contributed by atoms with Crippen molar-refractivity contribution in [1.82, 2.24) is 0 Å². The Bertz CT molecular complexity index is 391. The number of hydrogen-bond donors (Lipinski definition) is 1. The van der Waals surface area contributed by atoms with Gasteiger partial charge in [-0.25, -0.2) is 5.14 Å². The predicted octanol–water partition coefficient (Wildman–Crippen LogP) is 1.07. The van der Waals surface area contributed by atoms with E-state index in [-0.39, 0.29) is 6.61 Å². The molecule has 1 aromatic rings. The lowest BCUT2D eigenvalue weighted by molar-refractivity contribution is 0.269. The van der Waals surface area contributed by atoms with Gasteiger partial charge in [-0.05, 0) is 25.0 Å². The molecule has 0 aliphatic carbocycles.